The Labute approximate surface area is 109 Å². The summed E-state index contributed by atoms with van der Waals surface area (Å²) in [5, 5.41) is 3.39. The molecule has 0 saturated carbocycles. The molecule has 1 N–H and O–H groups in total. The van der Waals surface area contributed by atoms with Crippen LogP contribution >= 0.6 is 0 Å². The number of ether oxygens (including phenoxy) is 2. The molecule has 0 aliphatic rings. The lowest BCUT2D eigenvalue weighted by atomic mass is 10.1. The van der Waals surface area contributed by atoms with Gasteiger partial charge < -0.3 is 14.8 Å². The van der Waals surface area contributed by atoms with Gasteiger partial charge in [0, 0.05) is 32.4 Å². The Balaban J connectivity index is 2.43. The van der Waals surface area contributed by atoms with Crippen molar-refractivity contribution in [3.8, 4) is 18.1 Å². The van der Waals surface area contributed by atoms with E-state index >= 15 is 0 Å². The molecule has 98 valence electrons. The largest absolute Gasteiger partial charge is 0.481 e. The summed E-state index contributed by atoms with van der Waals surface area (Å²) in [6.45, 7) is 4.91. The molecule has 1 rings (SSSR count). The third-order valence-corrected chi connectivity index (χ3v) is 2.54. The van der Waals surface area contributed by atoms with Gasteiger partial charge in [-0.3, -0.25) is 0 Å². The molecule has 1 atom stereocenters. The molecule has 0 radical (unpaired) electrons. The average molecular weight is 247 g/mol. The number of terminal acetylenes is 1. The van der Waals surface area contributed by atoms with Gasteiger partial charge in [0.2, 0.25) is 0 Å². The predicted molar refractivity (Wildman–Crippen MR) is 73.5 cm³/mol. The SMILES string of the molecule is C#CCOc1ccccc1CNCC(C)COC. The highest BCUT2D eigenvalue weighted by molar-refractivity contribution is 5.33. The van der Waals surface area contributed by atoms with Crippen molar-refractivity contribution in [2.45, 2.75) is 13.5 Å². The van der Waals surface area contributed by atoms with Crippen molar-refractivity contribution >= 4 is 0 Å². The molecular formula is C15H21NO2. The normalized spacial score (nSPS) is 11.8. The molecule has 0 heterocycles. The molecule has 1 aromatic rings. The summed E-state index contributed by atoms with van der Waals surface area (Å²) in [4.78, 5) is 0. The second kappa shape index (κ2) is 8.57. The minimum atomic E-state index is 0.303. The Bertz CT molecular complexity index is 384. The minimum absolute atomic E-state index is 0.303. The first-order chi connectivity index (χ1) is 8.77. The standard InChI is InChI=1S/C15H21NO2/c1-4-9-18-15-8-6-5-7-14(15)11-16-10-13(2)12-17-3/h1,5-8,13,16H,9-12H2,2-3H3. The molecule has 0 amide bonds. The van der Waals surface area contributed by atoms with Crippen molar-refractivity contribution in [2.75, 3.05) is 26.9 Å². The fourth-order valence-electron chi connectivity index (χ4n) is 1.71. The molecule has 0 spiro atoms. The molecule has 0 saturated heterocycles. The van der Waals surface area contributed by atoms with Gasteiger partial charge in [-0.1, -0.05) is 31.0 Å². The Hall–Kier alpha value is -1.50. The van der Waals surface area contributed by atoms with Crippen LogP contribution in [0.25, 0.3) is 0 Å². The smallest absolute Gasteiger partial charge is 0.148 e. The van der Waals surface area contributed by atoms with Crippen LogP contribution in [0.5, 0.6) is 5.75 Å². The fraction of sp³-hybridized carbons (Fsp3) is 0.467. The van der Waals surface area contributed by atoms with Crippen LogP contribution in [0.2, 0.25) is 0 Å². The van der Waals surface area contributed by atoms with E-state index in [1.165, 1.54) is 0 Å². The van der Waals surface area contributed by atoms with Crippen molar-refractivity contribution in [1.29, 1.82) is 0 Å². The molecular weight excluding hydrogens is 226 g/mol. The maximum Gasteiger partial charge on any atom is 0.148 e. The van der Waals surface area contributed by atoms with Crippen LogP contribution in [0.4, 0.5) is 0 Å². The van der Waals surface area contributed by atoms with Crippen molar-refractivity contribution in [3.63, 3.8) is 0 Å². The van der Waals surface area contributed by atoms with Crippen molar-refractivity contribution < 1.29 is 9.47 Å². The zero-order chi connectivity index (χ0) is 13.2. The summed E-state index contributed by atoms with van der Waals surface area (Å²) >= 11 is 0. The molecule has 0 fully saturated rings. The van der Waals surface area contributed by atoms with Crippen LogP contribution in [0.1, 0.15) is 12.5 Å². The van der Waals surface area contributed by atoms with Crippen molar-refractivity contribution in [2.24, 2.45) is 5.92 Å². The zero-order valence-corrected chi connectivity index (χ0v) is 11.1. The summed E-state index contributed by atoms with van der Waals surface area (Å²) < 4.78 is 10.6. The Kier molecular flexibility index (Phi) is 6.93. The predicted octanol–water partition coefficient (Wildman–Crippen LogP) is 2.07. The van der Waals surface area contributed by atoms with Crippen molar-refractivity contribution in [1.82, 2.24) is 5.32 Å². The van der Waals surface area contributed by atoms with Gasteiger partial charge >= 0.3 is 0 Å². The van der Waals surface area contributed by atoms with E-state index in [4.69, 9.17) is 15.9 Å². The summed E-state index contributed by atoms with van der Waals surface area (Å²) in [5.41, 5.74) is 1.12. The lowest BCUT2D eigenvalue weighted by Gasteiger charge is -2.13. The number of benzene rings is 1. The van der Waals surface area contributed by atoms with Gasteiger partial charge in [-0.2, -0.15) is 0 Å². The van der Waals surface area contributed by atoms with E-state index in [9.17, 15) is 0 Å². The second-order valence-electron chi connectivity index (χ2n) is 4.29. The number of hydrogen-bond donors (Lipinski definition) is 1. The highest BCUT2D eigenvalue weighted by Gasteiger charge is 2.04. The van der Waals surface area contributed by atoms with E-state index in [2.05, 4.69) is 18.2 Å². The van der Waals surface area contributed by atoms with E-state index in [0.717, 1.165) is 31.0 Å². The summed E-state index contributed by atoms with van der Waals surface area (Å²) in [5.74, 6) is 3.82. The Morgan fingerprint density at radius 3 is 2.89 bits per heavy atom. The van der Waals surface area contributed by atoms with Gasteiger partial charge in [0.1, 0.15) is 12.4 Å². The fourth-order valence-corrected chi connectivity index (χ4v) is 1.71. The van der Waals surface area contributed by atoms with Crippen LogP contribution in [0.3, 0.4) is 0 Å². The lowest BCUT2D eigenvalue weighted by molar-refractivity contribution is 0.158. The highest BCUT2D eigenvalue weighted by Crippen LogP contribution is 2.17. The van der Waals surface area contributed by atoms with Crippen molar-refractivity contribution in [3.05, 3.63) is 29.8 Å². The number of methoxy groups -OCH3 is 1. The summed E-state index contributed by atoms with van der Waals surface area (Å²) in [6.07, 6.45) is 5.20. The third kappa shape index (κ3) is 5.22. The third-order valence-electron chi connectivity index (χ3n) is 2.54. The Morgan fingerprint density at radius 2 is 2.17 bits per heavy atom. The van der Waals surface area contributed by atoms with E-state index in [0.29, 0.717) is 12.5 Å². The summed E-state index contributed by atoms with van der Waals surface area (Å²) in [7, 11) is 1.72. The van der Waals surface area contributed by atoms with E-state index in [1.807, 2.05) is 24.3 Å². The molecule has 1 unspecified atom stereocenters. The van der Waals surface area contributed by atoms with Gasteiger partial charge in [0.05, 0.1) is 0 Å². The topological polar surface area (TPSA) is 30.5 Å². The quantitative estimate of drug-likeness (QED) is 0.713. The summed E-state index contributed by atoms with van der Waals surface area (Å²) in [6, 6.07) is 7.92. The second-order valence-corrected chi connectivity index (χ2v) is 4.29. The highest BCUT2D eigenvalue weighted by atomic mass is 16.5. The first-order valence-electron chi connectivity index (χ1n) is 6.11. The minimum Gasteiger partial charge on any atom is -0.481 e. The zero-order valence-electron chi connectivity index (χ0n) is 11.1. The van der Waals surface area contributed by atoms with Gasteiger partial charge in [-0.15, -0.1) is 6.42 Å². The van der Waals surface area contributed by atoms with E-state index in [-0.39, 0.29) is 0 Å². The molecule has 0 aliphatic heterocycles. The van der Waals surface area contributed by atoms with Crippen LogP contribution in [0.15, 0.2) is 24.3 Å². The first kappa shape index (κ1) is 14.6. The van der Waals surface area contributed by atoms with Crippen LogP contribution in [-0.4, -0.2) is 26.9 Å². The lowest BCUT2D eigenvalue weighted by Crippen LogP contribution is -2.23. The maximum atomic E-state index is 5.49. The molecule has 3 nitrogen and oxygen atoms in total. The van der Waals surface area contributed by atoms with E-state index in [1.54, 1.807) is 7.11 Å². The monoisotopic (exact) mass is 247 g/mol. The van der Waals surface area contributed by atoms with E-state index < -0.39 is 0 Å². The molecule has 18 heavy (non-hydrogen) atoms. The van der Waals surface area contributed by atoms with Gasteiger partial charge in [-0.25, -0.2) is 0 Å². The molecule has 0 aromatic heterocycles. The Morgan fingerprint density at radius 1 is 1.39 bits per heavy atom. The first-order valence-corrected chi connectivity index (χ1v) is 6.11. The van der Waals surface area contributed by atoms with Gasteiger partial charge in [-0.05, 0) is 12.0 Å². The van der Waals surface area contributed by atoms with Crippen LogP contribution < -0.4 is 10.1 Å². The number of nitrogens with one attached hydrogen (secondary N) is 1. The van der Waals surface area contributed by atoms with Gasteiger partial charge in [0.15, 0.2) is 0 Å². The van der Waals surface area contributed by atoms with Crippen LogP contribution in [0, 0.1) is 18.3 Å². The molecule has 0 aliphatic carbocycles. The maximum absolute atomic E-state index is 5.49. The molecule has 1 aromatic carbocycles. The molecule has 3 heteroatoms. The number of para-hydroxylation sites is 1. The van der Waals surface area contributed by atoms with Crippen LogP contribution in [-0.2, 0) is 11.3 Å². The number of hydrogen-bond acceptors (Lipinski definition) is 3. The average Bonchev–Trinajstić information content (AvgIpc) is 2.38. The molecule has 0 bridgehead atoms. The van der Waals surface area contributed by atoms with Gasteiger partial charge in [0.25, 0.3) is 0 Å². The number of rotatable bonds is 8.